The summed E-state index contributed by atoms with van der Waals surface area (Å²) >= 11 is 0. The van der Waals surface area contributed by atoms with Gasteiger partial charge in [0.25, 0.3) is 0 Å². The first kappa shape index (κ1) is 16.0. The molecule has 1 aromatic carbocycles. The predicted octanol–water partition coefficient (Wildman–Crippen LogP) is 1.90. The van der Waals surface area contributed by atoms with Crippen molar-refractivity contribution in [3.8, 4) is 11.5 Å². The molecule has 0 aliphatic rings. The Kier molecular flexibility index (Phi) is 6.06. The van der Waals surface area contributed by atoms with Gasteiger partial charge in [-0.25, -0.2) is 4.79 Å². The monoisotopic (exact) mass is 280 g/mol. The number of aliphatic hydroxyl groups is 1. The van der Waals surface area contributed by atoms with Crippen LogP contribution in [0.25, 0.3) is 0 Å². The summed E-state index contributed by atoms with van der Waals surface area (Å²) in [5.41, 5.74) is 0.738. The van der Waals surface area contributed by atoms with Gasteiger partial charge in [0.15, 0.2) is 0 Å². The van der Waals surface area contributed by atoms with E-state index in [9.17, 15) is 9.90 Å². The molecule has 2 unspecified atom stereocenters. The lowest BCUT2D eigenvalue weighted by Crippen LogP contribution is -2.14. The third-order valence-corrected chi connectivity index (χ3v) is 2.96. The first-order chi connectivity index (χ1) is 9.53. The van der Waals surface area contributed by atoms with Crippen molar-refractivity contribution in [2.45, 2.75) is 18.9 Å². The number of rotatable bonds is 6. The Hall–Kier alpha value is -2.01. The molecule has 0 saturated carbocycles. The zero-order valence-electron chi connectivity index (χ0n) is 12.1. The summed E-state index contributed by atoms with van der Waals surface area (Å²) in [6, 6.07) is 5.30. The van der Waals surface area contributed by atoms with E-state index in [1.807, 2.05) is 0 Å². The van der Waals surface area contributed by atoms with Gasteiger partial charge in [-0.2, -0.15) is 0 Å². The number of benzene rings is 1. The van der Waals surface area contributed by atoms with Gasteiger partial charge in [-0.15, -0.1) is 0 Å². The summed E-state index contributed by atoms with van der Waals surface area (Å²) in [7, 11) is 4.41. The fourth-order valence-corrected chi connectivity index (χ4v) is 1.87. The molecule has 5 heteroatoms. The normalized spacial score (nSPS) is 13.8. The largest absolute Gasteiger partial charge is 0.497 e. The van der Waals surface area contributed by atoms with E-state index in [0.717, 1.165) is 5.56 Å². The zero-order valence-corrected chi connectivity index (χ0v) is 12.1. The Morgan fingerprint density at radius 3 is 2.45 bits per heavy atom. The molecule has 0 saturated heterocycles. The minimum Gasteiger partial charge on any atom is -0.497 e. The van der Waals surface area contributed by atoms with Gasteiger partial charge in [-0.1, -0.05) is 6.08 Å². The summed E-state index contributed by atoms with van der Waals surface area (Å²) in [6.07, 6.45) is 2.18. The van der Waals surface area contributed by atoms with Crippen molar-refractivity contribution in [3.63, 3.8) is 0 Å². The zero-order chi connectivity index (χ0) is 15.1. The van der Waals surface area contributed by atoms with Crippen LogP contribution in [0.15, 0.2) is 30.4 Å². The van der Waals surface area contributed by atoms with Gasteiger partial charge in [-0.05, 0) is 25.1 Å². The molecular weight excluding hydrogens is 260 g/mol. The third-order valence-electron chi connectivity index (χ3n) is 2.96. The highest BCUT2D eigenvalue weighted by atomic mass is 16.5. The molecule has 0 bridgehead atoms. The quantitative estimate of drug-likeness (QED) is 0.637. The van der Waals surface area contributed by atoms with Crippen LogP contribution in [0.1, 0.15) is 18.4 Å². The minimum atomic E-state index is -0.697. The Morgan fingerprint density at radius 2 is 1.95 bits per heavy atom. The van der Waals surface area contributed by atoms with Crippen molar-refractivity contribution in [3.05, 3.63) is 35.9 Å². The van der Waals surface area contributed by atoms with E-state index in [0.29, 0.717) is 11.5 Å². The fourth-order valence-electron chi connectivity index (χ4n) is 1.87. The number of hydrogen-bond donors (Lipinski definition) is 1. The first-order valence-electron chi connectivity index (χ1n) is 6.19. The van der Waals surface area contributed by atoms with E-state index < -0.39 is 18.0 Å². The smallest absolute Gasteiger partial charge is 0.330 e. The van der Waals surface area contributed by atoms with E-state index in [2.05, 4.69) is 4.74 Å². The van der Waals surface area contributed by atoms with Crippen molar-refractivity contribution >= 4 is 5.97 Å². The van der Waals surface area contributed by atoms with Crippen molar-refractivity contribution in [2.24, 2.45) is 0 Å². The molecule has 0 fully saturated rings. The summed E-state index contributed by atoms with van der Waals surface area (Å²) < 4.78 is 15.0. The maximum atomic E-state index is 11.2. The number of carbonyl (C=O) groups is 1. The first-order valence-corrected chi connectivity index (χ1v) is 6.19. The summed E-state index contributed by atoms with van der Waals surface area (Å²) in [4.78, 5) is 11.2. The van der Waals surface area contributed by atoms with E-state index in [1.165, 1.54) is 13.2 Å². The predicted molar refractivity (Wildman–Crippen MR) is 75.1 cm³/mol. The lowest BCUT2D eigenvalue weighted by Gasteiger charge is -2.20. The fraction of sp³-hybridized carbons (Fsp3) is 0.400. The van der Waals surface area contributed by atoms with Gasteiger partial charge < -0.3 is 19.3 Å². The second kappa shape index (κ2) is 7.55. The summed E-state index contributed by atoms with van der Waals surface area (Å²) in [5.74, 6) is 0.390. The molecule has 110 valence electrons. The number of methoxy groups -OCH3 is 3. The number of carbonyl (C=O) groups excluding carboxylic acids is 1. The van der Waals surface area contributed by atoms with Crippen molar-refractivity contribution in [1.29, 1.82) is 0 Å². The maximum absolute atomic E-state index is 11.2. The average Bonchev–Trinajstić information content (AvgIpc) is 2.46. The standard InChI is InChI=1S/C15H20O5/c1-10(16)12(6-8-15(17)20-4)13-9-11(18-2)5-7-14(13)19-3/h5-10,12,16H,1-4H3/b8-6+. The average molecular weight is 280 g/mol. The van der Waals surface area contributed by atoms with Crippen LogP contribution in [0.2, 0.25) is 0 Å². The summed E-state index contributed by atoms with van der Waals surface area (Å²) in [6.45, 7) is 1.64. The van der Waals surface area contributed by atoms with Crippen molar-refractivity contribution in [1.82, 2.24) is 0 Å². The highest BCUT2D eigenvalue weighted by Gasteiger charge is 2.20. The molecule has 0 spiro atoms. The van der Waals surface area contributed by atoms with E-state index >= 15 is 0 Å². The van der Waals surface area contributed by atoms with E-state index in [4.69, 9.17) is 9.47 Å². The number of ether oxygens (including phenoxy) is 3. The molecule has 0 radical (unpaired) electrons. The highest BCUT2D eigenvalue weighted by molar-refractivity contribution is 5.82. The van der Waals surface area contributed by atoms with Crippen LogP contribution in [-0.2, 0) is 9.53 Å². The van der Waals surface area contributed by atoms with Crippen LogP contribution in [0.4, 0.5) is 0 Å². The lowest BCUT2D eigenvalue weighted by atomic mass is 9.92. The van der Waals surface area contributed by atoms with Crippen LogP contribution < -0.4 is 9.47 Å². The van der Waals surface area contributed by atoms with E-state index in [-0.39, 0.29) is 0 Å². The van der Waals surface area contributed by atoms with Crippen LogP contribution in [0.5, 0.6) is 11.5 Å². The molecule has 0 aliphatic carbocycles. The third kappa shape index (κ3) is 3.99. The Morgan fingerprint density at radius 1 is 1.25 bits per heavy atom. The van der Waals surface area contributed by atoms with Gasteiger partial charge in [0, 0.05) is 17.6 Å². The second-order valence-electron chi connectivity index (χ2n) is 4.26. The molecule has 1 rings (SSSR count). The molecule has 1 aromatic rings. The minimum absolute atomic E-state index is 0.404. The van der Waals surface area contributed by atoms with E-state index in [1.54, 1.807) is 45.4 Å². The van der Waals surface area contributed by atoms with Crippen molar-refractivity contribution < 1.29 is 24.1 Å². The van der Waals surface area contributed by atoms with Crippen LogP contribution in [0.3, 0.4) is 0 Å². The highest BCUT2D eigenvalue weighted by Crippen LogP contribution is 2.33. The number of aliphatic hydroxyl groups excluding tert-OH is 1. The molecule has 0 aliphatic heterocycles. The van der Waals surface area contributed by atoms with Gasteiger partial charge in [0.2, 0.25) is 0 Å². The molecule has 1 N–H and O–H groups in total. The van der Waals surface area contributed by atoms with Crippen LogP contribution in [0, 0.1) is 0 Å². The molecule has 0 heterocycles. The molecular formula is C15H20O5. The maximum Gasteiger partial charge on any atom is 0.330 e. The number of hydrogen-bond acceptors (Lipinski definition) is 5. The Balaban J connectivity index is 3.19. The topological polar surface area (TPSA) is 65.0 Å². The number of esters is 1. The van der Waals surface area contributed by atoms with Gasteiger partial charge in [-0.3, -0.25) is 0 Å². The second-order valence-corrected chi connectivity index (χ2v) is 4.26. The molecule has 2 atom stereocenters. The molecule has 5 nitrogen and oxygen atoms in total. The Bertz CT molecular complexity index is 479. The molecule has 20 heavy (non-hydrogen) atoms. The van der Waals surface area contributed by atoms with Gasteiger partial charge in [0.05, 0.1) is 27.4 Å². The summed E-state index contributed by atoms with van der Waals surface area (Å²) in [5, 5.41) is 9.93. The van der Waals surface area contributed by atoms with Gasteiger partial charge >= 0.3 is 5.97 Å². The van der Waals surface area contributed by atoms with Crippen molar-refractivity contribution in [2.75, 3.05) is 21.3 Å². The molecule has 0 amide bonds. The van der Waals surface area contributed by atoms with Crippen LogP contribution >= 0.6 is 0 Å². The molecule has 0 aromatic heterocycles. The van der Waals surface area contributed by atoms with Gasteiger partial charge in [0.1, 0.15) is 11.5 Å². The lowest BCUT2D eigenvalue weighted by molar-refractivity contribution is -0.134. The van der Waals surface area contributed by atoms with Crippen LogP contribution in [-0.4, -0.2) is 38.5 Å². The SMILES string of the molecule is COC(=O)/C=C/C(c1cc(OC)ccc1OC)C(C)O. The Labute approximate surface area is 118 Å².